The van der Waals surface area contributed by atoms with Crippen LogP contribution in [0.25, 0.3) is 0 Å². The van der Waals surface area contributed by atoms with Crippen molar-refractivity contribution in [3.63, 3.8) is 0 Å². The minimum absolute atomic E-state index is 0.0567. The quantitative estimate of drug-likeness (QED) is 0.793. The molecule has 150 valence electrons. The van der Waals surface area contributed by atoms with E-state index in [0.717, 1.165) is 17.7 Å². The van der Waals surface area contributed by atoms with Crippen molar-refractivity contribution in [1.82, 2.24) is 0 Å². The molecule has 10 heteroatoms. The van der Waals surface area contributed by atoms with Crippen LogP contribution in [-0.4, -0.2) is 26.7 Å². The SMILES string of the molecule is CCS(=O)(=O)N1CCc2ccc(NC(=O)Nc3ccccc3C(F)(F)F)cc21. The van der Waals surface area contributed by atoms with Gasteiger partial charge < -0.3 is 10.6 Å². The van der Waals surface area contributed by atoms with Gasteiger partial charge in [0.25, 0.3) is 0 Å². The highest BCUT2D eigenvalue weighted by Crippen LogP contribution is 2.35. The van der Waals surface area contributed by atoms with Crippen LogP contribution in [0.2, 0.25) is 0 Å². The van der Waals surface area contributed by atoms with E-state index in [4.69, 9.17) is 0 Å². The highest BCUT2D eigenvalue weighted by Gasteiger charge is 2.33. The fourth-order valence-electron chi connectivity index (χ4n) is 3.00. The first-order valence-electron chi connectivity index (χ1n) is 8.49. The number of amides is 2. The fourth-order valence-corrected chi connectivity index (χ4v) is 4.15. The van der Waals surface area contributed by atoms with Crippen LogP contribution >= 0.6 is 0 Å². The van der Waals surface area contributed by atoms with Crippen LogP contribution in [0.15, 0.2) is 42.5 Å². The van der Waals surface area contributed by atoms with E-state index in [1.807, 2.05) is 0 Å². The number of carbonyl (C=O) groups is 1. The van der Waals surface area contributed by atoms with Crippen molar-refractivity contribution in [2.45, 2.75) is 19.5 Å². The highest BCUT2D eigenvalue weighted by molar-refractivity contribution is 7.92. The molecule has 0 radical (unpaired) electrons. The van der Waals surface area contributed by atoms with Crippen LogP contribution in [0, 0.1) is 0 Å². The Labute approximate surface area is 160 Å². The predicted molar refractivity (Wildman–Crippen MR) is 101 cm³/mol. The van der Waals surface area contributed by atoms with E-state index >= 15 is 0 Å². The van der Waals surface area contributed by atoms with E-state index in [9.17, 15) is 26.4 Å². The van der Waals surface area contributed by atoms with Gasteiger partial charge in [-0.2, -0.15) is 13.2 Å². The van der Waals surface area contributed by atoms with Gasteiger partial charge in [0, 0.05) is 12.2 Å². The molecular weight excluding hydrogens is 395 g/mol. The van der Waals surface area contributed by atoms with Gasteiger partial charge in [0.2, 0.25) is 10.0 Å². The van der Waals surface area contributed by atoms with E-state index in [2.05, 4.69) is 10.6 Å². The molecule has 0 bridgehead atoms. The first-order valence-corrected chi connectivity index (χ1v) is 10.1. The number of benzene rings is 2. The van der Waals surface area contributed by atoms with Gasteiger partial charge >= 0.3 is 12.2 Å². The molecule has 0 fully saturated rings. The number of anilines is 3. The van der Waals surface area contributed by atoms with Crippen molar-refractivity contribution in [3.8, 4) is 0 Å². The molecule has 2 aromatic carbocycles. The number of fused-ring (bicyclic) bond motifs is 1. The van der Waals surface area contributed by atoms with Crippen molar-refractivity contribution in [2.75, 3.05) is 27.2 Å². The smallest absolute Gasteiger partial charge is 0.308 e. The summed E-state index contributed by atoms with van der Waals surface area (Å²) in [4.78, 5) is 12.2. The molecule has 0 saturated carbocycles. The summed E-state index contributed by atoms with van der Waals surface area (Å²) in [7, 11) is -3.45. The molecule has 6 nitrogen and oxygen atoms in total. The number of carbonyl (C=O) groups excluding carboxylic acids is 1. The Bertz CT molecular complexity index is 1010. The van der Waals surface area contributed by atoms with Crippen LogP contribution in [0.1, 0.15) is 18.1 Å². The molecule has 1 heterocycles. The number of urea groups is 1. The zero-order valence-corrected chi connectivity index (χ0v) is 15.7. The van der Waals surface area contributed by atoms with E-state index in [0.29, 0.717) is 18.7 Å². The minimum atomic E-state index is -4.60. The van der Waals surface area contributed by atoms with Crippen LogP contribution in [-0.2, 0) is 22.6 Å². The first-order chi connectivity index (χ1) is 13.1. The molecule has 0 atom stereocenters. The molecule has 0 saturated heterocycles. The monoisotopic (exact) mass is 413 g/mol. The van der Waals surface area contributed by atoms with Gasteiger partial charge in [0.1, 0.15) is 0 Å². The number of halogens is 3. The van der Waals surface area contributed by atoms with Gasteiger partial charge in [-0.1, -0.05) is 18.2 Å². The van der Waals surface area contributed by atoms with E-state index < -0.39 is 27.8 Å². The third-order valence-corrected chi connectivity index (χ3v) is 6.16. The van der Waals surface area contributed by atoms with E-state index in [1.165, 1.54) is 22.5 Å². The second-order valence-corrected chi connectivity index (χ2v) is 8.37. The van der Waals surface area contributed by atoms with Gasteiger partial charge in [0.15, 0.2) is 0 Å². The summed E-state index contributed by atoms with van der Waals surface area (Å²) >= 11 is 0. The van der Waals surface area contributed by atoms with Gasteiger partial charge in [0.05, 0.1) is 22.7 Å². The third kappa shape index (κ3) is 4.06. The maximum absolute atomic E-state index is 13.0. The van der Waals surface area contributed by atoms with E-state index in [1.54, 1.807) is 19.1 Å². The number of sulfonamides is 1. The summed E-state index contributed by atoms with van der Waals surface area (Å²) in [6.45, 7) is 1.86. The molecule has 1 aliphatic heterocycles. The first kappa shape index (κ1) is 20.0. The Morgan fingerprint density at radius 1 is 1.14 bits per heavy atom. The highest BCUT2D eigenvalue weighted by atomic mass is 32.2. The standard InChI is InChI=1S/C18H18F3N3O3S/c1-2-28(26,27)24-10-9-12-7-8-13(11-16(12)24)22-17(25)23-15-6-4-3-5-14(15)18(19,20)21/h3-8,11H,2,9-10H2,1H3,(H2,22,23,25). The average molecular weight is 413 g/mol. The molecule has 3 rings (SSSR count). The van der Waals surface area contributed by atoms with Gasteiger partial charge in [-0.25, -0.2) is 13.2 Å². The van der Waals surface area contributed by atoms with Gasteiger partial charge in [-0.05, 0) is 43.2 Å². The zero-order valence-electron chi connectivity index (χ0n) is 14.9. The fraction of sp³-hybridized carbons (Fsp3) is 0.278. The maximum atomic E-state index is 13.0. The lowest BCUT2D eigenvalue weighted by Gasteiger charge is -2.19. The Morgan fingerprint density at radius 2 is 1.86 bits per heavy atom. The number of nitrogens with zero attached hydrogens (tertiary/aromatic N) is 1. The molecular formula is C18H18F3N3O3S. The normalized spacial score (nSPS) is 13.9. The van der Waals surface area contributed by atoms with Crippen molar-refractivity contribution < 1.29 is 26.4 Å². The summed E-state index contributed by atoms with van der Waals surface area (Å²) in [6.07, 6.45) is -4.05. The second-order valence-electron chi connectivity index (χ2n) is 6.19. The minimum Gasteiger partial charge on any atom is -0.308 e. The maximum Gasteiger partial charge on any atom is 0.418 e. The third-order valence-electron chi connectivity index (χ3n) is 4.38. The summed E-state index contributed by atoms with van der Waals surface area (Å²) in [5, 5.41) is 4.63. The van der Waals surface area contributed by atoms with Crippen LogP contribution in [0.5, 0.6) is 0 Å². The molecule has 0 aromatic heterocycles. The number of hydrogen-bond acceptors (Lipinski definition) is 3. The van der Waals surface area contributed by atoms with Gasteiger partial charge in [-0.3, -0.25) is 4.31 Å². The summed E-state index contributed by atoms with van der Waals surface area (Å²) in [5.41, 5.74) is 0.239. The lowest BCUT2D eigenvalue weighted by atomic mass is 10.1. The molecule has 1 aliphatic rings. The largest absolute Gasteiger partial charge is 0.418 e. The molecule has 2 N–H and O–H groups in total. The number of alkyl halides is 3. The Hall–Kier alpha value is -2.75. The lowest BCUT2D eigenvalue weighted by molar-refractivity contribution is -0.136. The Morgan fingerprint density at radius 3 is 2.54 bits per heavy atom. The molecule has 2 amide bonds. The molecule has 2 aromatic rings. The number of rotatable bonds is 4. The average Bonchev–Trinajstić information content (AvgIpc) is 3.05. The molecule has 0 spiro atoms. The molecule has 0 aliphatic carbocycles. The van der Waals surface area contributed by atoms with E-state index in [-0.39, 0.29) is 17.1 Å². The summed E-state index contributed by atoms with van der Waals surface area (Å²) in [5.74, 6) is -0.0567. The predicted octanol–water partition coefficient (Wildman–Crippen LogP) is 4.06. The lowest BCUT2D eigenvalue weighted by Crippen LogP contribution is -2.30. The Balaban J connectivity index is 1.79. The van der Waals surface area contributed by atoms with Gasteiger partial charge in [-0.15, -0.1) is 0 Å². The van der Waals surface area contributed by atoms with Crippen molar-refractivity contribution in [2.24, 2.45) is 0 Å². The number of hydrogen-bond donors (Lipinski definition) is 2. The second kappa shape index (κ2) is 7.34. The van der Waals surface area contributed by atoms with Crippen LogP contribution in [0.3, 0.4) is 0 Å². The number of nitrogens with one attached hydrogen (secondary N) is 2. The molecule has 28 heavy (non-hydrogen) atoms. The van der Waals surface area contributed by atoms with Crippen LogP contribution in [0.4, 0.5) is 35.0 Å². The number of para-hydroxylation sites is 1. The van der Waals surface area contributed by atoms with Crippen molar-refractivity contribution in [3.05, 3.63) is 53.6 Å². The topological polar surface area (TPSA) is 78.5 Å². The van der Waals surface area contributed by atoms with Crippen LogP contribution < -0.4 is 14.9 Å². The Kier molecular flexibility index (Phi) is 5.24. The summed E-state index contributed by atoms with van der Waals surface area (Å²) in [6, 6.07) is 8.56. The summed E-state index contributed by atoms with van der Waals surface area (Å²) < 4.78 is 64.8. The van der Waals surface area contributed by atoms with Crippen molar-refractivity contribution >= 4 is 33.1 Å². The molecule has 0 unspecified atom stereocenters. The zero-order chi connectivity index (χ0) is 20.5. The van der Waals surface area contributed by atoms with Crippen molar-refractivity contribution in [1.29, 1.82) is 0 Å².